The summed E-state index contributed by atoms with van der Waals surface area (Å²) in [4.78, 5) is 23.6. The zero-order valence-corrected chi connectivity index (χ0v) is 17.8. The number of nitro groups is 1. The molecule has 3 rings (SSSR count). The fourth-order valence-electron chi connectivity index (χ4n) is 2.87. The van der Waals surface area contributed by atoms with Crippen LogP contribution in [0.5, 0.6) is 0 Å². The van der Waals surface area contributed by atoms with Crippen LogP contribution in [0.2, 0.25) is 5.02 Å². The number of halogens is 3. The number of nitrogens with zero attached hydrogens (tertiary/aromatic N) is 4. The highest BCUT2D eigenvalue weighted by Gasteiger charge is 2.20. The van der Waals surface area contributed by atoms with E-state index in [1.807, 2.05) is 6.92 Å². The van der Waals surface area contributed by atoms with Crippen LogP contribution in [0.15, 0.2) is 45.7 Å². The molecule has 2 aromatic carbocycles. The van der Waals surface area contributed by atoms with E-state index in [1.54, 1.807) is 12.1 Å². The fraction of sp³-hybridized carbons (Fsp3) is 0.263. The van der Waals surface area contributed by atoms with Crippen molar-refractivity contribution in [3.05, 3.63) is 83.7 Å². The molecular formula is C19H17BrClFN4O3. The number of aromatic nitrogens is 3. The van der Waals surface area contributed by atoms with Crippen LogP contribution in [0.1, 0.15) is 31.2 Å². The van der Waals surface area contributed by atoms with Crippen LogP contribution in [0.25, 0.3) is 5.69 Å². The summed E-state index contributed by atoms with van der Waals surface area (Å²) in [6, 6.07) is 8.41. The average Bonchev–Trinajstić information content (AvgIpc) is 2.98. The van der Waals surface area contributed by atoms with Crippen molar-refractivity contribution in [2.75, 3.05) is 0 Å². The Hall–Kier alpha value is -2.52. The van der Waals surface area contributed by atoms with Crippen molar-refractivity contribution < 1.29 is 9.31 Å². The third kappa shape index (κ3) is 4.56. The molecule has 0 unspecified atom stereocenters. The van der Waals surface area contributed by atoms with Gasteiger partial charge in [-0.2, -0.15) is 4.68 Å². The number of hydrogen-bond donors (Lipinski definition) is 0. The maximum Gasteiger partial charge on any atom is 0.351 e. The van der Waals surface area contributed by atoms with Gasteiger partial charge in [-0.25, -0.2) is 9.18 Å². The van der Waals surface area contributed by atoms with Crippen molar-refractivity contribution in [2.24, 2.45) is 0 Å². The number of non-ortho nitro benzene ring substituents is 1. The molecular weight excluding hydrogens is 467 g/mol. The van der Waals surface area contributed by atoms with Crippen molar-refractivity contribution in [2.45, 2.75) is 32.7 Å². The van der Waals surface area contributed by atoms with Crippen LogP contribution in [0.3, 0.4) is 0 Å². The van der Waals surface area contributed by atoms with E-state index in [9.17, 15) is 19.3 Å². The molecule has 29 heavy (non-hydrogen) atoms. The lowest BCUT2D eigenvalue weighted by Crippen LogP contribution is -2.25. The summed E-state index contributed by atoms with van der Waals surface area (Å²) in [6.07, 6.45) is 2.16. The largest absolute Gasteiger partial charge is 0.351 e. The van der Waals surface area contributed by atoms with Crippen molar-refractivity contribution in [3.8, 4) is 5.69 Å². The minimum Gasteiger partial charge on any atom is -0.274 e. The molecule has 0 aliphatic rings. The standard InChI is InChI=1S/C19H17BrClFN4O3/c1-2-3-4-18-23-25(17-10-14(26(28)29)7-8-15(17)21)19(27)24(18)11-12-5-6-13(20)9-16(12)22/h5-10H,2-4,11H2,1H3. The smallest absolute Gasteiger partial charge is 0.274 e. The minimum atomic E-state index is -0.572. The molecule has 0 amide bonds. The summed E-state index contributed by atoms with van der Waals surface area (Å²) >= 11 is 9.39. The van der Waals surface area contributed by atoms with Crippen molar-refractivity contribution in [1.29, 1.82) is 0 Å². The van der Waals surface area contributed by atoms with E-state index >= 15 is 0 Å². The van der Waals surface area contributed by atoms with Crippen LogP contribution in [-0.2, 0) is 13.0 Å². The lowest BCUT2D eigenvalue weighted by molar-refractivity contribution is -0.384. The summed E-state index contributed by atoms with van der Waals surface area (Å²) < 4.78 is 17.3. The number of benzene rings is 2. The van der Waals surface area contributed by atoms with Crippen molar-refractivity contribution >= 4 is 33.2 Å². The van der Waals surface area contributed by atoms with Gasteiger partial charge in [-0.05, 0) is 24.6 Å². The lowest BCUT2D eigenvalue weighted by atomic mass is 10.2. The Bertz CT molecular complexity index is 1130. The van der Waals surface area contributed by atoms with Crippen LogP contribution < -0.4 is 5.69 Å². The van der Waals surface area contributed by atoms with E-state index in [0.29, 0.717) is 22.3 Å². The molecule has 1 heterocycles. The SMILES string of the molecule is CCCCc1nn(-c2cc([N+](=O)[O-])ccc2Cl)c(=O)n1Cc1ccc(Br)cc1F. The fourth-order valence-corrected chi connectivity index (χ4v) is 3.40. The Morgan fingerprint density at radius 2 is 2.03 bits per heavy atom. The van der Waals surface area contributed by atoms with Gasteiger partial charge in [0.2, 0.25) is 0 Å². The first-order valence-corrected chi connectivity index (χ1v) is 10.1. The molecule has 0 saturated heterocycles. The summed E-state index contributed by atoms with van der Waals surface area (Å²) in [5.74, 6) is 0.00981. The third-order valence-electron chi connectivity index (χ3n) is 4.41. The minimum absolute atomic E-state index is 0.0104. The molecule has 152 valence electrons. The van der Waals surface area contributed by atoms with E-state index in [1.165, 1.54) is 28.8 Å². The summed E-state index contributed by atoms with van der Waals surface area (Å²) in [5.41, 5.74) is -0.308. The van der Waals surface area contributed by atoms with E-state index in [2.05, 4.69) is 21.0 Å². The number of aryl methyl sites for hydroxylation is 1. The molecule has 0 bridgehead atoms. The lowest BCUT2D eigenvalue weighted by Gasteiger charge is -2.07. The predicted octanol–water partition coefficient (Wildman–Crippen LogP) is 4.89. The monoisotopic (exact) mass is 482 g/mol. The molecule has 0 N–H and O–H groups in total. The average molecular weight is 484 g/mol. The molecule has 0 fully saturated rings. The Balaban J connectivity index is 2.12. The van der Waals surface area contributed by atoms with E-state index < -0.39 is 16.4 Å². The van der Waals surface area contributed by atoms with Gasteiger partial charge in [0.15, 0.2) is 0 Å². The predicted molar refractivity (Wildman–Crippen MR) is 111 cm³/mol. The Morgan fingerprint density at radius 1 is 1.28 bits per heavy atom. The molecule has 0 spiro atoms. The van der Waals surface area contributed by atoms with Crippen LogP contribution >= 0.6 is 27.5 Å². The first kappa shape index (κ1) is 21.2. The second-order valence-corrected chi connectivity index (χ2v) is 7.75. The highest BCUT2D eigenvalue weighted by atomic mass is 79.9. The van der Waals surface area contributed by atoms with Gasteiger partial charge in [-0.1, -0.05) is 46.9 Å². The first-order valence-electron chi connectivity index (χ1n) is 8.88. The van der Waals surface area contributed by atoms with Gasteiger partial charge in [0, 0.05) is 28.6 Å². The van der Waals surface area contributed by atoms with Crippen molar-refractivity contribution in [1.82, 2.24) is 14.3 Å². The summed E-state index contributed by atoms with van der Waals surface area (Å²) in [6.45, 7) is 1.99. The molecule has 3 aromatic rings. The molecule has 10 heteroatoms. The van der Waals surface area contributed by atoms with Gasteiger partial charge in [-0.3, -0.25) is 14.7 Å². The second kappa shape index (κ2) is 8.87. The molecule has 7 nitrogen and oxygen atoms in total. The highest BCUT2D eigenvalue weighted by Crippen LogP contribution is 2.25. The Labute approximate surface area is 179 Å². The first-order chi connectivity index (χ1) is 13.8. The second-order valence-electron chi connectivity index (χ2n) is 6.43. The van der Waals surface area contributed by atoms with E-state index in [4.69, 9.17) is 11.6 Å². The number of unbranched alkanes of at least 4 members (excludes halogenated alkanes) is 1. The van der Waals surface area contributed by atoms with Crippen LogP contribution in [0, 0.1) is 15.9 Å². The number of nitro benzene ring substituents is 1. The van der Waals surface area contributed by atoms with Gasteiger partial charge in [0.05, 0.1) is 22.2 Å². The summed E-state index contributed by atoms with van der Waals surface area (Å²) in [5, 5.41) is 15.6. The van der Waals surface area contributed by atoms with E-state index in [0.717, 1.165) is 17.5 Å². The molecule has 0 saturated carbocycles. The maximum absolute atomic E-state index is 14.3. The van der Waals surface area contributed by atoms with Crippen molar-refractivity contribution in [3.63, 3.8) is 0 Å². The van der Waals surface area contributed by atoms with Crippen LogP contribution in [0.4, 0.5) is 10.1 Å². The highest BCUT2D eigenvalue weighted by molar-refractivity contribution is 9.10. The van der Waals surface area contributed by atoms with Gasteiger partial charge < -0.3 is 0 Å². The van der Waals surface area contributed by atoms with Gasteiger partial charge in [0.1, 0.15) is 11.6 Å². The quantitative estimate of drug-likeness (QED) is 0.354. The van der Waals surface area contributed by atoms with Gasteiger partial charge in [0.25, 0.3) is 5.69 Å². The zero-order chi connectivity index (χ0) is 21.1. The molecule has 0 aliphatic carbocycles. The zero-order valence-electron chi connectivity index (χ0n) is 15.4. The number of rotatable bonds is 7. The van der Waals surface area contributed by atoms with Crippen LogP contribution in [-0.4, -0.2) is 19.3 Å². The molecule has 0 atom stereocenters. The molecule has 0 radical (unpaired) electrons. The Kier molecular flexibility index (Phi) is 6.49. The molecule has 0 aliphatic heterocycles. The normalized spacial score (nSPS) is 11.0. The molecule has 1 aromatic heterocycles. The summed E-state index contributed by atoms with van der Waals surface area (Å²) in [7, 11) is 0. The number of hydrogen-bond acceptors (Lipinski definition) is 4. The Morgan fingerprint density at radius 3 is 2.69 bits per heavy atom. The maximum atomic E-state index is 14.3. The van der Waals surface area contributed by atoms with Gasteiger partial charge >= 0.3 is 5.69 Å². The third-order valence-corrected chi connectivity index (χ3v) is 5.22. The topological polar surface area (TPSA) is 83.0 Å². The van der Waals surface area contributed by atoms with E-state index in [-0.39, 0.29) is 22.9 Å². The van der Waals surface area contributed by atoms with Gasteiger partial charge in [-0.15, -0.1) is 5.10 Å².